The van der Waals surface area contributed by atoms with Crippen LogP contribution in [0.15, 0.2) is 0 Å². The molecule has 0 aromatic rings. The molecule has 1 radical (unpaired) electrons. The molecular weight excluding hydrogens is 445 g/mol. The Morgan fingerprint density at radius 2 is 0.545 bits per heavy atom. The van der Waals surface area contributed by atoms with Gasteiger partial charge in [-0.2, -0.15) is 0 Å². The van der Waals surface area contributed by atoms with Crippen LogP contribution in [0.5, 0.6) is 0 Å². The van der Waals surface area contributed by atoms with E-state index in [9.17, 15) is 14.4 Å². The van der Waals surface area contributed by atoms with Gasteiger partial charge in [-0.3, -0.25) is 14.4 Å². The average molecular weight is 475 g/mol. The Labute approximate surface area is 162 Å². The minimum absolute atomic E-state index is 0. The SMILES string of the molecule is CC(C)(C)C(=O)O.CC(C)(C)C(=O)O.CC(C)(C)C(=O)O.[Tm]. The Balaban J connectivity index is -0.000000108. The maximum atomic E-state index is 10.0. The monoisotopic (exact) mass is 475 g/mol. The van der Waals surface area contributed by atoms with Gasteiger partial charge in [-0.25, -0.2) is 0 Å². The second kappa shape index (κ2) is 11.2. The van der Waals surface area contributed by atoms with Crippen molar-refractivity contribution in [2.45, 2.75) is 62.3 Å². The molecule has 0 amide bonds. The molecule has 0 heterocycles. The molecule has 0 aromatic heterocycles. The molecule has 7 heteroatoms. The minimum Gasteiger partial charge on any atom is -0.481 e. The summed E-state index contributed by atoms with van der Waals surface area (Å²) < 4.78 is 0. The van der Waals surface area contributed by atoms with Crippen molar-refractivity contribution in [2.24, 2.45) is 16.2 Å². The summed E-state index contributed by atoms with van der Waals surface area (Å²) in [6.45, 7) is 15.0. The number of carboxylic acids is 3. The third-order valence-electron chi connectivity index (χ3n) is 1.92. The largest absolute Gasteiger partial charge is 0.481 e. The number of hydrogen-bond donors (Lipinski definition) is 3. The summed E-state index contributed by atoms with van der Waals surface area (Å²) in [5.41, 5.74) is -1.75. The van der Waals surface area contributed by atoms with Crippen LogP contribution in [-0.2, 0) is 14.4 Å². The van der Waals surface area contributed by atoms with Crippen molar-refractivity contribution in [2.75, 3.05) is 0 Å². The van der Waals surface area contributed by atoms with Crippen molar-refractivity contribution in [3.05, 3.63) is 0 Å². The van der Waals surface area contributed by atoms with Crippen LogP contribution >= 0.6 is 0 Å². The molecule has 22 heavy (non-hydrogen) atoms. The first kappa shape index (κ1) is 29.6. The summed E-state index contributed by atoms with van der Waals surface area (Å²) in [4.78, 5) is 30.1. The van der Waals surface area contributed by atoms with E-state index >= 15 is 0 Å². The van der Waals surface area contributed by atoms with Crippen LogP contribution in [-0.4, -0.2) is 33.2 Å². The topological polar surface area (TPSA) is 112 Å². The summed E-state index contributed by atoms with van der Waals surface area (Å²) in [7, 11) is 0. The van der Waals surface area contributed by atoms with Gasteiger partial charge in [-0.15, -0.1) is 0 Å². The number of hydrogen-bond acceptors (Lipinski definition) is 3. The Morgan fingerprint density at radius 1 is 0.500 bits per heavy atom. The maximum Gasteiger partial charge on any atom is 0.308 e. The zero-order valence-electron chi connectivity index (χ0n) is 14.8. The fourth-order valence-electron chi connectivity index (χ4n) is 0. The number of rotatable bonds is 0. The van der Waals surface area contributed by atoms with Crippen molar-refractivity contribution in [1.29, 1.82) is 0 Å². The van der Waals surface area contributed by atoms with Crippen molar-refractivity contribution >= 4 is 17.9 Å². The Hall–Kier alpha value is -0.356. The predicted molar refractivity (Wildman–Crippen MR) is 81.3 cm³/mol. The van der Waals surface area contributed by atoms with Gasteiger partial charge in [-0.05, 0) is 62.3 Å². The van der Waals surface area contributed by atoms with Gasteiger partial charge >= 0.3 is 17.9 Å². The van der Waals surface area contributed by atoms with Crippen LogP contribution in [0, 0.1) is 53.1 Å². The molecule has 0 rings (SSSR count). The standard InChI is InChI=1S/3C5H10O2.Tm/c3*1-5(2,3)4(6)7;/h3*1-3H3,(H,6,7);. The molecule has 0 saturated heterocycles. The third kappa shape index (κ3) is 21.9. The summed E-state index contributed by atoms with van der Waals surface area (Å²) in [5, 5.41) is 24.8. The van der Waals surface area contributed by atoms with Gasteiger partial charge in [0, 0.05) is 36.9 Å². The summed E-state index contributed by atoms with van der Waals surface area (Å²) in [5.74, 6) is -2.27. The van der Waals surface area contributed by atoms with Crippen LogP contribution in [0.25, 0.3) is 0 Å². The summed E-state index contributed by atoms with van der Waals surface area (Å²) in [6, 6.07) is 0. The van der Waals surface area contributed by atoms with E-state index in [0.717, 1.165) is 0 Å². The molecule has 0 spiro atoms. The number of carboxylic acid groups (broad SMARTS) is 3. The summed E-state index contributed by atoms with van der Waals surface area (Å²) >= 11 is 0. The normalized spacial score (nSPS) is 10.8. The third-order valence-corrected chi connectivity index (χ3v) is 1.92. The quantitative estimate of drug-likeness (QED) is 0.496. The van der Waals surface area contributed by atoms with Crippen molar-refractivity contribution < 1.29 is 66.6 Å². The molecule has 6 nitrogen and oxygen atoms in total. The van der Waals surface area contributed by atoms with Gasteiger partial charge in [0.2, 0.25) is 0 Å². The molecule has 0 aliphatic heterocycles. The van der Waals surface area contributed by atoms with Crippen LogP contribution in [0.1, 0.15) is 62.3 Å². The number of carbonyl (C=O) groups is 3. The Kier molecular flexibility index (Phi) is 15.1. The molecule has 0 atom stereocenters. The molecule has 0 aliphatic carbocycles. The second-order valence-electron chi connectivity index (χ2n) is 7.67. The molecule has 0 saturated carbocycles. The molecule has 0 bridgehead atoms. The Bertz CT molecular complexity index is 299. The first-order chi connectivity index (χ1) is 8.83. The van der Waals surface area contributed by atoms with E-state index in [4.69, 9.17) is 15.3 Å². The first-order valence-corrected chi connectivity index (χ1v) is 6.53. The molecule has 0 aromatic carbocycles. The van der Waals surface area contributed by atoms with E-state index in [0.29, 0.717) is 0 Å². The summed E-state index contributed by atoms with van der Waals surface area (Å²) in [6.07, 6.45) is 0. The van der Waals surface area contributed by atoms with Gasteiger partial charge < -0.3 is 15.3 Å². The molecule has 3 N–H and O–H groups in total. The molecule has 0 aliphatic rings. The zero-order chi connectivity index (χ0) is 18.2. The fraction of sp³-hybridized carbons (Fsp3) is 0.800. The fourth-order valence-corrected chi connectivity index (χ4v) is 0. The van der Waals surface area contributed by atoms with E-state index in [1.165, 1.54) is 0 Å². The van der Waals surface area contributed by atoms with Crippen LogP contribution < -0.4 is 0 Å². The van der Waals surface area contributed by atoms with E-state index in [1.807, 2.05) is 0 Å². The van der Waals surface area contributed by atoms with Crippen molar-refractivity contribution in [1.82, 2.24) is 0 Å². The van der Waals surface area contributed by atoms with Gasteiger partial charge in [-0.1, -0.05) is 0 Å². The van der Waals surface area contributed by atoms with Gasteiger partial charge in [0.25, 0.3) is 0 Å². The number of aliphatic carboxylic acids is 3. The molecule has 0 unspecified atom stereocenters. The van der Waals surface area contributed by atoms with Gasteiger partial charge in [0.1, 0.15) is 0 Å². The second-order valence-corrected chi connectivity index (χ2v) is 7.67. The predicted octanol–water partition coefficient (Wildman–Crippen LogP) is 3.35. The maximum absolute atomic E-state index is 10.0. The minimum atomic E-state index is -0.757. The Morgan fingerprint density at radius 3 is 0.545 bits per heavy atom. The zero-order valence-corrected chi connectivity index (χ0v) is 16.6. The van der Waals surface area contributed by atoms with E-state index in [2.05, 4.69) is 0 Å². The molecule has 0 fully saturated rings. The molecular formula is C15H30O6Tm. The van der Waals surface area contributed by atoms with Crippen LogP contribution in [0.4, 0.5) is 0 Å². The van der Waals surface area contributed by atoms with Gasteiger partial charge in [0.15, 0.2) is 0 Å². The van der Waals surface area contributed by atoms with Crippen LogP contribution in [0.3, 0.4) is 0 Å². The van der Waals surface area contributed by atoms with E-state index < -0.39 is 34.2 Å². The van der Waals surface area contributed by atoms with Gasteiger partial charge in [0.05, 0.1) is 16.2 Å². The van der Waals surface area contributed by atoms with Crippen LogP contribution in [0.2, 0.25) is 0 Å². The molecule has 139 valence electrons. The van der Waals surface area contributed by atoms with Crippen molar-refractivity contribution in [3.63, 3.8) is 0 Å². The smallest absolute Gasteiger partial charge is 0.308 e. The van der Waals surface area contributed by atoms with E-state index in [1.54, 1.807) is 62.3 Å². The first-order valence-electron chi connectivity index (χ1n) is 6.53. The van der Waals surface area contributed by atoms with E-state index in [-0.39, 0.29) is 36.9 Å². The van der Waals surface area contributed by atoms with Crippen molar-refractivity contribution in [3.8, 4) is 0 Å². The average Bonchev–Trinajstić information content (AvgIpc) is 2.14.